The van der Waals surface area contributed by atoms with Gasteiger partial charge in [0.1, 0.15) is 13.2 Å². The zero-order valence-electron chi connectivity index (χ0n) is 14.0. The summed E-state index contributed by atoms with van der Waals surface area (Å²) in [5.74, 6) is -1.21. The Morgan fingerprint density at radius 1 is 0.960 bits per heavy atom. The fourth-order valence-electron chi connectivity index (χ4n) is 1.76. The van der Waals surface area contributed by atoms with E-state index in [0.717, 1.165) is 17.7 Å². The monoisotopic (exact) mass is 368 g/mol. The van der Waals surface area contributed by atoms with Crippen LogP contribution in [0.5, 0.6) is 0 Å². The van der Waals surface area contributed by atoms with Gasteiger partial charge < -0.3 is 18.5 Å². The summed E-state index contributed by atoms with van der Waals surface area (Å²) >= 11 is 0. The maximum Gasteiger partial charge on any atom is 0.361 e. The first kappa shape index (κ1) is 20.8. The van der Waals surface area contributed by atoms with Crippen molar-refractivity contribution in [3.8, 4) is 0 Å². The minimum atomic E-state index is -3.68. The highest BCUT2D eigenvalue weighted by atomic mass is 31.2. The van der Waals surface area contributed by atoms with Crippen LogP contribution in [0.3, 0.4) is 0 Å². The van der Waals surface area contributed by atoms with Gasteiger partial charge >= 0.3 is 19.5 Å². The van der Waals surface area contributed by atoms with E-state index >= 15 is 0 Å². The molecule has 7 nitrogen and oxygen atoms in total. The number of hydrogen-bond donors (Lipinski definition) is 0. The van der Waals surface area contributed by atoms with Crippen LogP contribution >= 0.6 is 7.60 Å². The number of carbonyl (C=O) groups is 2. The Kier molecular flexibility index (Phi) is 8.84. The second kappa shape index (κ2) is 10.6. The van der Waals surface area contributed by atoms with Gasteiger partial charge in [0.05, 0.1) is 18.5 Å². The Bertz CT molecular complexity index is 637. The Morgan fingerprint density at radius 2 is 1.44 bits per heavy atom. The number of benzene rings is 1. The Labute approximate surface area is 146 Å². The zero-order valence-corrected chi connectivity index (χ0v) is 14.9. The number of aryl methyl sites for hydroxylation is 1. The molecule has 0 radical (unpaired) electrons. The van der Waals surface area contributed by atoms with Crippen molar-refractivity contribution in [1.29, 1.82) is 0 Å². The van der Waals surface area contributed by atoms with Gasteiger partial charge in [0.15, 0.2) is 0 Å². The van der Waals surface area contributed by atoms with E-state index in [1.165, 1.54) is 0 Å². The number of carbonyl (C=O) groups excluding carboxylic acids is 2. The fraction of sp³-hybridized carbons (Fsp3) is 0.294. The predicted octanol–water partition coefficient (Wildman–Crippen LogP) is 2.31. The molecule has 0 spiro atoms. The first-order valence-electron chi connectivity index (χ1n) is 7.46. The number of ether oxygens (including phenoxy) is 2. The molecule has 0 aliphatic carbocycles. The predicted molar refractivity (Wildman–Crippen MR) is 92.6 cm³/mol. The van der Waals surface area contributed by atoms with Crippen LogP contribution < -0.4 is 5.30 Å². The first-order chi connectivity index (χ1) is 11.9. The van der Waals surface area contributed by atoms with E-state index in [1.54, 1.807) is 31.2 Å². The minimum Gasteiger partial charge on any atom is -0.460 e. The fourth-order valence-corrected chi connectivity index (χ4v) is 3.52. The Morgan fingerprint density at radius 3 is 1.88 bits per heavy atom. The molecule has 0 N–H and O–H groups in total. The van der Waals surface area contributed by atoms with Crippen molar-refractivity contribution in [2.45, 2.75) is 6.92 Å². The molecule has 1 rings (SSSR count). The van der Waals surface area contributed by atoms with Crippen molar-refractivity contribution in [2.75, 3.05) is 26.4 Å². The first-order valence-corrected chi connectivity index (χ1v) is 9.01. The largest absolute Gasteiger partial charge is 0.460 e. The molecule has 0 bridgehead atoms. The van der Waals surface area contributed by atoms with Crippen molar-refractivity contribution >= 4 is 24.8 Å². The van der Waals surface area contributed by atoms with Crippen LogP contribution in [-0.4, -0.2) is 38.4 Å². The molecule has 25 heavy (non-hydrogen) atoms. The number of hydrogen-bond acceptors (Lipinski definition) is 7. The van der Waals surface area contributed by atoms with E-state index in [2.05, 4.69) is 13.2 Å². The van der Waals surface area contributed by atoms with Gasteiger partial charge in [-0.05, 0) is 18.6 Å². The molecule has 0 unspecified atom stereocenters. The van der Waals surface area contributed by atoms with Gasteiger partial charge in [-0.2, -0.15) is 0 Å². The molecular weight excluding hydrogens is 347 g/mol. The summed E-state index contributed by atoms with van der Waals surface area (Å²) in [6.45, 7) is 7.86. The van der Waals surface area contributed by atoms with Crippen molar-refractivity contribution in [3.63, 3.8) is 0 Å². The molecule has 0 aliphatic rings. The molecule has 1 aromatic carbocycles. The highest BCUT2D eigenvalue weighted by Crippen LogP contribution is 2.47. The van der Waals surface area contributed by atoms with Gasteiger partial charge in [-0.15, -0.1) is 0 Å². The van der Waals surface area contributed by atoms with Gasteiger partial charge in [-0.1, -0.05) is 31.4 Å². The summed E-state index contributed by atoms with van der Waals surface area (Å²) in [7, 11) is -3.68. The van der Waals surface area contributed by atoms with Gasteiger partial charge in [0.25, 0.3) is 0 Å². The van der Waals surface area contributed by atoms with E-state index in [-0.39, 0.29) is 26.4 Å². The molecular formula is C17H21O7P. The van der Waals surface area contributed by atoms with E-state index < -0.39 is 19.5 Å². The van der Waals surface area contributed by atoms with Crippen LogP contribution in [0, 0.1) is 6.92 Å². The third-order valence-electron chi connectivity index (χ3n) is 2.92. The van der Waals surface area contributed by atoms with Crippen molar-refractivity contribution in [3.05, 3.63) is 55.1 Å². The molecule has 8 heteroatoms. The normalized spacial score (nSPS) is 10.8. The van der Waals surface area contributed by atoms with Gasteiger partial charge in [0, 0.05) is 12.2 Å². The Balaban J connectivity index is 2.73. The van der Waals surface area contributed by atoms with E-state index in [0.29, 0.717) is 5.30 Å². The summed E-state index contributed by atoms with van der Waals surface area (Å²) in [5.41, 5.74) is 0.719. The van der Waals surface area contributed by atoms with Crippen LogP contribution in [-0.2, 0) is 32.7 Å². The highest BCUT2D eigenvalue weighted by Gasteiger charge is 2.29. The van der Waals surface area contributed by atoms with Gasteiger partial charge in [0.2, 0.25) is 0 Å². The molecule has 0 heterocycles. The zero-order chi connectivity index (χ0) is 18.7. The summed E-state index contributed by atoms with van der Waals surface area (Å²) in [6.07, 6.45) is 2.04. The van der Waals surface area contributed by atoms with Gasteiger partial charge in [-0.3, -0.25) is 4.57 Å². The summed E-state index contributed by atoms with van der Waals surface area (Å²) in [6, 6.07) is 6.89. The lowest BCUT2D eigenvalue weighted by atomic mass is 10.2. The minimum absolute atomic E-state index is 0.102. The van der Waals surface area contributed by atoms with Crippen molar-refractivity contribution in [1.82, 2.24) is 0 Å². The third kappa shape index (κ3) is 7.05. The summed E-state index contributed by atoms with van der Waals surface area (Å²) in [5, 5.41) is 0.389. The smallest absolute Gasteiger partial charge is 0.361 e. The molecule has 0 fully saturated rings. The molecule has 0 atom stereocenters. The molecule has 0 aliphatic heterocycles. The van der Waals surface area contributed by atoms with Crippen molar-refractivity contribution in [2.24, 2.45) is 0 Å². The lowest BCUT2D eigenvalue weighted by molar-refractivity contribution is -0.139. The average molecular weight is 368 g/mol. The molecule has 0 aromatic heterocycles. The number of rotatable bonds is 11. The Hall–Kier alpha value is -2.21. The molecule has 136 valence electrons. The SMILES string of the molecule is C=CC(=O)OCCOP(=O)(OCCOC(=O)C=C)c1ccccc1C. The van der Waals surface area contributed by atoms with E-state index in [1.807, 2.05) is 0 Å². The van der Waals surface area contributed by atoms with Crippen LogP contribution in [0.15, 0.2) is 49.6 Å². The molecule has 0 saturated heterocycles. The van der Waals surface area contributed by atoms with Crippen LogP contribution in [0.1, 0.15) is 5.56 Å². The molecule has 0 saturated carbocycles. The maximum absolute atomic E-state index is 13.1. The molecule has 0 amide bonds. The van der Waals surface area contributed by atoms with E-state index in [4.69, 9.17) is 18.5 Å². The van der Waals surface area contributed by atoms with Crippen LogP contribution in [0.4, 0.5) is 0 Å². The van der Waals surface area contributed by atoms with E-state index in [9.17, 15) is 14.2 Å². The lowest BCUT2D eigenvalue weighted by Gasteiger charge is -2.20. The van der Waals surface area contributed by atoms with Crippen molar-refractivity contribution < 1.29 is 32.7 Å². The quantitative estimate of drug-likeness (QED) is 0.256. The van der Waals surface area contributed by atoms with Crippen LogP contribution in [0.2, 0.25) is 0 Å². The van der Waals surface area contributed by atoms with Crippen LogP contribution in [0.25, 0.3) is 0 Å². The standard InChI is InChI=1S/C17H21O7P/c1-4-16(18)21-10-12-23-25(20,15-9-7-6-8-14(15)3)24-13-11-22-17(19)5-2/h4-9H,1-2,10-13H2,3H3. The topological polar surface area (TPSA) is 88.1 Å². The second-order valence-electron chi connectivity index (χ2n) is 4.69. The highest BCUT2D eigenvalue weighted by molar-refractivity contribution is 7.62. The van der Waals surface area contributed by atoms with Gasteiger partial charge in [-0.25, -0.2) is 9.59 Å². The number of esters is 2. The summed E-state index contributed by atoms with van der Waals surface area (Å²) in [4.78, 5) is 22.0. The summed E-state index contributed by atoms with van der Waals surface area (Å²) < 4.78 is 33.4. The lowest BCUT2D eigenvalue weighted by Crippen LogP contribution is -2.18. The second-order valence-corrected chi connectivity index (χ2v) is 6.69. The average Bonchev–Trinajstić information content (AvgIpc) is 2.62. The maximum atomic E-state index is 13.1. The third-order valence-corrected chi connectivity index (χ3v) is 5.06. The molecule has 1 aromatic rings.